The predicted molar refractivity (Wildman–Crippen MR) is 65.1 cm³/mol. The third-order valence-corrected chi connectivity index (χ3v) is 4.05. The fourth-order valence-corrected chi connectivity index (χ4v) is 2.62. The first-order chi connectivity index (χ1) is 8.20. The number of carboxylic acid groups (broad SMARTS) is 1. The molecule has 0 amide bonds. The summed E-state index contributed by atoms with van der Waals surface area (Å²) in [5.74, 6) is 0.920. The van der Waals surface area contributed by atoms with Crippen molar-refractivity contribution in [1.82, 2.24) is 14.8 Å². The average Bonchev–Trinajstić information content (AvgIpc) is 2.62. The number of aryl methyl sites for hydroxylation is 1. The van der Waals surface area contributed by atoms with Gasteiger partial charge in [-0.2, -0.15) is 0 Å². The molecular formula is C11H17N3O2S. The van der Waals surface area contributed by atoms with Crippen molar-refractivity contribution in [2.45, 2.75) is 44.3 Å². The molecule has 1 heterocycles. The van der Waals surface area contributed by atoms with Gasteiger partial charge in [0.2, 0.25) is 0 Å². The van der Waals surface area contributed by atoms with E-state index in [1.165, 1.54) is 31.0 Å². The summed E-state index contributed by atoms with van der Waals surface area (Å²) in [4.78, 5) is 10.6. The lowest BCUT2D eigenvalue weighted by Crippen LogP contribution is -2.20. The number of hydrogen-bond acceptors (Lipinski definition) is 4. The molecule has 1 aromatic rings. The Morgan fingerprint density at radius 3 is 2.82 bits per heavy atom. The second-order valence-electron chi connectivity index (χ2n) is 4.34. The van der Waals surface area contributed by atoms with Crippen molar-refractivity contribution in [3.8, 4) is 0 Å². The molecule has 17 heavy (non-hydrogen) atoms. The highest BCUT2D eigenvalue weighted by Gasteiger charge is 2.21. The fourth-order valence-electron chi connectivity index (χ4n) is 1.93. The maximum atomic E-state index is 10.6. The second kappa shape index (κ2) is 5.53. The summed E-state index contributed by atoms with van der Waals surface area (Å²) < 4.78 is 2.09. The van der Waals surface area contributed by atoms with Crippen LogP contribution in [0.1, 0.15) is 32.0 Å². The van der Waals surface area contributed by atoms with E-state index in [9.17, 15) is 4.79 Å². The van der Waals surface area contributed by atoms with Crippen LogP contribution in [-0.2, 0) is 17.8 Å². The largest absolute Gasteiger partial charge is 0.481 e. The first-order valence-corrected chi connectivity index (χ1v) is 6.96. The van der Waals surface area contributed by atoms with Gasteiger partial charge in [-0.05, 0) is 18.8 Å². The molecule has 6 heteroatoms. The second-order valence-corrected chi connectivity index (χ2v) is 5.28. The van der Waals surface area contributed by atoms with Gasteiger partial charge in [0.1, 0.15) is 5.82 Å². The zero-order chi connectivity index (χ0) is 12.3. The van der Waals surface area contributed by atoms with Gasteiger partial charge in [0, 0.05) is 13.0 Å². The Morgan fingerprint density at radius 1 is 1.53 bits per heavy atom. The molecule has 0 aliphatic heterocycles. The quantitative estimate of drug-likeness (QED) is 0.785. The number of carbonyl (C=O) groups is 1. The van der Waals surface area contributed by atoms with E-state index in [1.807, 2.05) is 6.92 Å². The Bertz CT molecular complexity index is 401. The third-order valence-electron chi connectivity index (χ3n) is 3.10. The molecule has 0 atom stereocenters. The standard InChI is InChI=1S/C11H17N3O2S/c1-2-9-12-13-11(17-7-10(15)16)14(9)6-8-4-3-5-8/h8H,2-7H2,1H3,(H,15,16). The van der Waals surface area contributed by atoms with Crippen LogP contribution < -0.4 is 0 Å². The van der Waals surface area contributed by atoms with Crippen LogP contribution in [-0.4, -0.2) is 31.6 Å². The van der Waals surface area contributed by atoms with Gasteiger partial charge in [-0.25, -0.2) is 0 Å². The minimum atomic E-state index is -0.814. The molecule has 1 saturated carbocycles. The molecule has 1 N–H and O–H groups in total. The maximum absolute atomic E-state index is 10.6. The zero-order valence-corrected chi connectivity index (χ0v) is 10.7. The van der Waals surface area contributed by atoms with Gasteiger partial charge in [-0.3, -0.25) is 4.79 Å². The molecule has 0 aromatic carbocycles. The van der Waals surface area contributed by atoms with Gasteiger partial charge in [0.05, 0.1) is 5.75 Å². The van der Waals surface area contributed by atoms with E-state index in [2.05, 4.69) is 14.8 Å². The molecule has 2 rings (SSSR count). The third kappa shape index (κ3) is 3.00. The van der Waals surface area contributed by atoms with Crippen LogP contribution in [0.4, 0.5) is 0 Å². The molecule has 5 nitrogen and oxygen atoms in total. The van der Waals surface area contributed by atoms with Crippen LogP contribution in [0.5, 0.6) is 0 Å². The van der Waals surface area contributed by atoms with Crippen LogP contribution in [0.2, 0.25) is 0 Å². The van der Waals surface area contributed by atoms with Gasteiger partial charge in [0.25, 0.3) is 0 Å². The van der Waals surface area contributed by atoms with E-state index in [0.29, 0.717) is 0 Å². The summed E-state index contributed by atoms with van der Waals surface area (Å²) in [6.45, 7) is 2.99. The molecule has 0 saturated heterocycles. The van der Waals surface area contributed by atoms with Gasteiger partial charge < -0.3 is 9.67 Å². The van der Waals surface area contributed by atoms with E-state index >= 15 is 0 Å². The van der Waals surface area contributed by atoms with E-state index < -0.39 is 5.97 Å². The number of carboxylic acids is 1. The number of aromatic nitrogens is 3. The van der Waals surface area contributed by atoms with Crippen LogP contribution in [0.25, 0.3) is 0 Å². The summed E-state index contributed by atoms with van der Waals surface area (Å²) in [5, 5.41) is 17.6. The predicted octanol–water partition coefficient (Wildman–Crippen LogP) is 1.82. The molecule has 0 spiro atoms. The Labute approximate surface area is 105 Å². The number of thioether (sulfide) groups is 1. The lowest BCUT2D eigenvalue weighted by atomic mass is 9.85. The van der Waals surface area contributed by atoms with Crippen molar-refractivity contribution in [3.63, 3.8) is 0 Å². The number of hydrogen-bond donors (Lipinski definition) is 1. The lowest BCUT2D eigenvalue weighted by Gasteiger charge is -2.26. The van der Waals surface area contributed by atoms with Gasteiger partial charge in [-0.1, -0.05) is 25.1 Å². The number of aliphatic carboxylic acids is 1. The van der Waals surface area contributed by atoms with E-state index in [1.54, 1.807) is 0 Å². The Kier molecular flexibility index (Phi) is 4.04. The van der Waals surface area contributed by atoms with Crippen molar-refractivity contribution < 1.29 is 9.90 Å². The van der Waals surface area contributed by atoms with Gasteiger partial charge in [0.15, 0.2) is 5.16 Å². The summed E-state index contributed by atoms with van der Waals surface area (Å²) in [6.07, 6.45) is 4.69. The van der Waals surface area contributed by atoms with E-state index in [4.69, 9.17) is 5.11 Å². The number of rotatable bonds is 6. The van der Waals surface area contributed by atoms with Crippen molar-refractivity contribution in [2.75, 3.05) is 5.75 Å². The smallest absolute Gasteiger partial charge is 0.313 e. The Balaban J connectivity index is 2.07. The van der Waals surface area contributed by atoms with Crippen LogP contribution >= 0.6 is 11.8 Å². The summed E-state index contributed by atoms with van der Waals surface area (Å²) in [6, 6.07) is 0. The SMILES string of the molecule is CCc1nnc(SCC(=O)O)n1CC1CCC1. The molecule has 0 unspecified atom stereocenters. The highest BCUT2D eigenvalue weighted by molar-refractivity contribution is 7.99. The van der Waals surface area contributed by atoms with Gasteiger partial charge >= 0.3 is 5.97 Å². The highest BCUT2D eigenvalue weighted by Crippen LogP contribution is 2.30. The molecule has 1 aliphatic carbocycles. The average molecular weight is 255 g/mol. The van der Waals surface area contributed by atoms with Gasteiger partial charge in [-0.15, -0.1) is 10.2 Å². The summed E-state index contributed by atoms with van der Waals surface area (Å²) in [5.41, 5.74) is 0. The topological polar surface area (TPSA) is 68.0 Å². The number of nitrogens with zero attached hydrogens (tertiary/aromatic N) is 3. The molecule has 1 aromatic heterocycles. The van der Waals surface area contributed by atoms with Crippen LogP contribution in [0.15, 0.2) is 5.16 Å². The molecule has 94 valence electrons. The first kappa shape index (κ1) is 12.4. The Morgan fingerprint density at radius 2 is 2.29 bits per heavy atom. The zero-order valence-electron chi connectivity index (χ0n) is 9.93. The van der Waals surface area contributed by atoms with Crippen LogP contribution in [0, 0.1) is 5.92 Å². The maximum Gasteiger partial charge on any atom is 0.313 e. The fraction of sp³-hybridized carbons (Fsp3) is 0.727. The molecule has 1 fully saturated rings. The molecule has 1 aliphatic rings. The normalized spacial score (nSPS) is 15.8. The van der Waals surface area contributed by atoms with Crippen LogP contribution in [0.3, 0.4) is 0 Å². The summed E-state index contributed by atoms with van der Waals surface area (Å²) >= 11 is 1.26. The van der Waals surface area contributed by atoms with Crippen molar-refractivity contribution in [2.24, 2.45) is 5.92 Å². The molecule has 0 radical (unpaired) electrons. The first-order valence-electron chi connectivity index (χ1n) is 5.97. The molecule has 0 bridgehead atoms. The summed E-state index contributed by atoms with van der Waals surface area (Å²) in [7, 11) is 0. The van der Waals surface area contributed by atoms with E-state index in [0.717, 1.165) is 29.9 Å². The Hall–Kier alpha value is -1.04. The minimum Gasteiger partial charge on any atom is -0.481 e. The van der Waals surface area contributed by atoms with Crippen molar-refractivity contribution in [1.29, 1.82) is 0 Å². The highest BCUT2D eigenvalue weighted by atomic mass is 32.2. The monoisotopic (exact) mass is 255 g/mol. The van der Waals surface area contributed by atoms with Crippen molar-refractivity contribution >= 4 is 17.7 Å². The lowest BCUT2D eigenvalue weighted by molar-refractivity contribution is -0.133. The van der Waals surface area contributed by atoms with Crippen molar-refractivity contribution in [3.05, 3.63) is 5.82 Å². The molecular weight excluding hydrogens is 238 g/mol. The van der Waals surface area contributed by atoms with E-state index in [-0.39, 0.29) is 5.75 Å². The minimum absolute atomic E-state index is 0.0481.